The van der Waals surface area contributed by atoms with Gasteiger partial charge in [0, 0.05) is 17.1 Å². The lowest BCUT2D eigenvalue weighted by Gasteiger charge is -2.25. The van der Waals surface area contributed by atoms with E-state index in [0.717, 1.165) is 5.56 Å². The van der Waals surface area contributed by atoms with Crippen molar-refractivity contribution in [3.8, 4) is 0 Å². The fourth-order valence-corrected chi connectivity index (χ4v) is 2.24. The zero-order valence-corrected chi connectivity index (χ0v) is 12.8. The summed E-state index contributed by atoms with van der Waals surface area (Å²) >= 11 is 5.99. The highest BCUT2D eigenvalue weighted by Gasteiger charge is 2.37. The topological polar surface area (TPSA) is 66.4 Å². The number of amides is 1. The SMILES string of the molecule is CCC(CC)(CC(=O)Nc1ccc(C)c(Cl)c1)C(=O)O. The molecule has 1 aromatic rings. The monoisotopic (exact) mass is 297 g/mol. The van der Waals surface area contributed by atoms with Gasteiger partial charge in [0.15, 0.2) is 0 Å². The van der Waals surface area contributed by atoms with E-state index in [9.17, 15) is 14.7 Å². The average Bonchev–Trinajstić information content (AvgIpc) is 2.40. The molecule has 0 saturated heterocycles. The summed E-state index contributed by atoms with van der Waals surface area (Å²) in [7, 11) is 0. The van der Waals surface area contributed by atoms with Gasteiger partial charge in [-0.05, 0) is 37.5 Å². The molecular formula is C15H20ClNO3. The first-order valence-corrected chi connectivity index (χ1v) is 7.02. The van der Waals surface area contributed by atoms with Crippen molar-refractivity contribution in [2.24, 2.45) is 5.41 Å². The summed E-state index contributed by atoms with van der Waals surface area (Å²) < 4.78 is 0. The molecule has 0 bridgehead atoms. The molecule has 0 saturated carbocycles. The molecular weight excluding hydrogens is 278 g/mol. The number of carbonyl (C=O) groups is 2. The number of benzene rings is 1. The summed E-state index contributed by atoms with van der Waals surface area (Å²) in [4.78, 5) is 23.4. The molecule has 2 N–H and O–H groups in total. The number of carbonyl (C=O) groups excluding carboxylic acids is 1. The molecule has 20 heavy (non-hydrogen) atoms. The maximum absolute atomic E-state index is 12.0. The lowest BCUT2D eigenvalue weighted by Crippen LogP contribution is -2.34. The molecule has 5 heteroatoms. The van der Waals surface area contributed by atoms with Crippen LogP contribution in [0.25, 0.3) is 0 Å². The van der Waals surface area contributed by atoms with Gasteiger partial charge in [0.25, 0.3) is 0 Å². The van der Waals surface area contributed by atoms with Gasteiger partial charge in [-0.25, -0.2) is 0 Å². The van der Waals surface area contributed by atoms with Gasteiger partial charge < -0.3 is 10.4 Å². The first-order chi connectivity index (χ1) is 9.34. The molecule has 0 radical (unpaired) electrons. The van der Waals surface area contributed by atoms with Crippen molar-refractivity contribution < 1.29 is 14.7 Å². The van der Waals surface area contributed by atoms with E-state index in [0.29, 0.717) is 23.6 Å². The first-order valence-electron chi connectivity index (χ1n) is 6.64. The molecule has 1 amide bonds. The Bertz CT molecular complexity index is 510. The Balaban J connectivity index is 2.80. The largest absolute Gasteiger partial charge is 0.481 e. The van der Waals surface area contributed by atoms with Crippen LogP contribution in [-0.4, -0.2) is 17.0 Å². The first kappa shape index (κ1) is 16.5. The van der Waals surface area contributed by atoms with E-state index in [2.05, 4.69) is 5.32 Å². The number of rotatable bonds is 6. The van der Waals surface area contributed by atoms with Crippen LogP contribution >= 0.6 is 11.6 Å². The second-order valence-corrected chi connectivity index (χ2v) is 5.39. The van der Waals surface area contributed by atoms with E-state index in [-0.39, 0.29) is 12.3 Å². The predicted molar refractivity (Wildman–Crippen MR) is 80.1 cm³/mol. The van der Waals surface area contributed by atoms with Gasteiger partial charge in [-0.1, -0.05) is 31.5 Å². The second kappa shape index (κ2) is 6.75. The number of hydrogen-bond acceptors (Lipinski definition) is 2. The van der Waals surface area contributed by atoms with Crippen LogP contribution in [0.5, 0.6) is 0 Å². The molecule has 1 rings (SSSR count). The molecule has 0 aromatic heterocycles. The van der Waals surface area contributed by atoms with Crippen LogP contribution in [0.1, 0.15) is 38.7 Å². The van der Waals surface area contributed by atoms with Crippen molar-refractivity contribution in [3.05, 3.63) is 28.8 Å². The lowest BCUT2D eigenvalue weighted by atomic mass is 9.79. The minimum atomic E-state index is -1.00. The van der Waals surface area contributed by atoms with Crippen LogP contribution in [0.15, 0.2) is 18.2 Å². The van der Waals surface area contributed by atoms with Crippen LogP contribution in [0.2, 0.25) is 5.02 Å². The second-order valence-electron chi connectivity index (χ2n) is 4.98. The third-order valence-corrected chi connectivity index (χ3v) is 4.17. The van der Waals surface area contributed by atoms with Crippen molar-refractivity contribution in [3.63, 3.8) is 0 Å². The lowest BCUT2D eigenvalue weighted by molar-refractivity contribution is -0.151. The highest BCUT2D eigenvalue weighted by atomic mass is 35.5. The van der Waals surface area contributed by atoms with Gasteiger partial charge in [0.2, 0.25) is 5.91 Å². The number of carboxylic acid groups (broad SMARTS) is 1. The molecule has 1 aromatic carbocycles. The molecule has 4 nitrogen and oxygen atoms in total. The van der Waals surface area contributed by atoms with Crippen LogP contribution in [0.3, 0.4) is 0 Å². The summed E-state index contributed by atoms with van der Waals surface area (Å²) in [6.45, 7) is 5.44. The third-order valence-electron chi connectivity index (χ3n) is 3.76. The maximum Gasteiger partial charge on any atom is 0.310 e. The molecule has 110 valence electrons. The molecule has 0 atom stereocenters. The molecule has 0 unspecified atom stereocenters. The number of hydrogen-bond donors (Lipinski definition) is 2. The van der Waals surface area contributed by atoms with Gasteiger partial charge >= 0.3 is 5.97 Å². The number of carboxylic acids is 1. The van der Waals surface area contributed by atoms with E-state index in [1.165, 1.54) is 0 Å². The summed E-state index contributed by atoms with van der Waals surface area (Å²) in [5, 5.41) is 12.6. The fraction of sp³-hybridized carbons (Fsp3) is 0.467. The van der Waals surface area contributed by atoms with Crippen molar-refractivity contribution >= 4 is 29.2 Å². The highest BCUT2D eigenvalue weighted by molar-refractivity contribution is 6.31. The summed E-state index contributed by atoms with van der Waals surface area (Å²) in [5.41, 5.74) is 0.502. The molecule has 0 aliphatic carbocycles. The number of aryl methyl sites for hydroxylation is 1. The van der Waals surface area contributed by atoms with E-state index in [4.69, 9.17) is 11.6 Å². The minimum Gasteiger partial charge on any atom is -0.481 e. The van der Waals surface area contributed by atoms with Crippen molar-refractivity contribution in [2.75, 3.05) is 5.32 Å². The van der Waals surface area contributed by atoms with Crippen LogP contribution in [-0.2, 0) is 9.59 Å². The van der Waals surface area contributed by atoms with Gasteiger partial charge in [-0.3, -0.25) is 9.59 Å². The van der Waals surface area contributed by atoms with Crippen LogP contribution < -0.4 is 5.32 Å². The Morgan fingerprint density at radius 1 is 1.30 bits per heavy atom. The van der Waals surface area contributed by atoms with E-state index < -0.39 is 11.4 Å². The Labute approximate surface area is 124 Å². The van der Waals surface area contributed by atoms with Gasteiger partial charge in [0.05, 0.1) is 5.41 Å². The molecule has 0 aliphatic rings. The molecule has 0 fully saturated rings. The van der Waals surface area contributed by atoms with Crippen LogP contribution in [0, 0.1) is 12.3 Å². The predicted octanol–water partition coefficient (Wildman–Crippen LogP) is 3.87. The number of aliphatic carboxylic acids is 1. The van der Waals surface area contributed by atoms with Crippen molar-refractivity contribution in [1.82, 2.24) is 0 Å². The highest BCUT2D eigenvalue weighted by Crippen LogP contribution is 2.31. The zero-order chi connectivity index (χ0) is 15.3. The number of anilines is 1. The normalized spacial score (nSPS) is 11.2. The fourth-order valence-electron chi connectivity index (χ4n) is 2.06. The standard InChI is InChI=1S/C15H20ClNO3/c1-4-15(5-2,14(19)20)9-13(18)17-11-7-6-10(3)12(16)8-11/h6-8H,4-5,9H2,1-3H3,(H,17,18)(H,19,20). The van der Waals surface area contributed by atoms with Gasteiger partial charge in [0.1, 0.15) is 0 Å². The summed E-state index contributed by atoms with van der Waals surface area (Å²) in [5.74, 6) is -1.24. The van der Waals surface area contributed by atoms with Crippen molar-refractivity contribution in [1.29, 1.82) is 0 Å². The molecule has 0 spiro atoms. The smallest absolute Gasteiger partial charge is 0.310 e. The zero-order valence-electron chi connectivity index (χ0n) is 12.0. The minimum absolute atomic E-state index is 0.0408. The maximum atomic E-state index is 12.0. The van der Waals surface area contributed by atoms with Gasteiger partial charge in [-0.15, -0.1) is 0 Å². The van der Waals surface area contributed by atoms with Gasteiger partial charge in [-0.2, -0.15) is 0 Å². The summed E-state index contributed by atoms with van der Waals surface area (Å²) in [6.07, 6.45) is 0.794. The third kappa shape index (κ3) is 3.73. The number of halogens is 1. The van der Waals surface area contributed by atoms with Crippen molar-refractivity contribution in [2.45, 2.75) is 40.0 Å². The van der Waals surface area contributed by atoms with Crippen LogP contribution in [0.4, 0.5) is 5.69 Å². The Hall–Kier alpha value is -1.55. The Morgan fingerprint density at radius 3 is 2.35 bits per heavy atom. The Kier molecular flexibility index (Phi) is 5.57. The summed E-state index contributed by atoms with van der Waals surface area (Å²) in [6, 6.07) is 5.22. The molecule has 0 heterocycles. The van der Waals surface area contributed by atoms with E-state index in [1.807, 2.05) is 13.0 Å². The van der Waals surface area contributed by atoms with E-state index in [1.54, 1.807) is 26.0 Å². The quantitative estimate of drug-likeness (QED) is 0.837. The Morgan fingerprint density at radius 2 is 1.90 bits per heavy atom. The van der Waals surface area contributed by atoms with E-state index >= 15 is 0 Å². The number of nitrogens with one attached hydrogen (secondary N) is 1. The average molecular weight is 298 g/mol. The molecule has 0 aliphatic heterocycles.